The minimum Gasteiger partial charge on any atom is -0.449 e. The van der Waals surface area contributed by atoms with E-state index in [9.17, 15) is 12.9 Å². The van der Waals surface area contributed by atoms with Crippen molar-refractivity contribution in [2.75, 3.05) is 20.6 Å². The van der Waals surface area contributed by atoms with Crippen molar-refractivity contribution in [2.45, 2.75) is 6.32 Å². The standard InChI is InChI=1S/C4H10BF3N.K/c1-9(2)4-3-5(6,7)8;/h3-4H2,1-2H3;/q-1;+1. The molecule has 0 aliphatic heterocycles. The van der Waals surface area contributed by atoms with Crippen LogP contribution in [0.3, 0.4) is 0 Å². The van der Waals surface area contributed by atoms with Gasteiger partial charge in [-0.2, -0.15) is 0 Å². The molecule has 0 aromatic rings. The first kappa shape index (κ1) is 14.0. The SMILES string of the molecule is CN(C)CC[B-](F)(F)F.[K+]. The van der Waals surface area contributed by atoms with Crippen LogP contribution in [0.5, 0.6) is 0 Å². The summed E-state index contributed by atoms with van der Waals surface area (Å²) in [5.41, 5.74) is 0. The Bertz CT molecular complexity index is 85.1. The second-order valence-corrected chi connectivity index (χ2v) is 2.30. The van der Waals surface area contributed by atoms with E-state index in [0.29, 0.717) is 0 Å². The molecule has 6 heteroatoms. The van der Waals surface area contributed by atoms with Crippen molar-refractivity contribution in [1.29, 1.82) is 0 Å². The normalized spacial score (nSPS) is 11.4. The number of rotatable bonds is 3. The predicted molar refractivity (Wildman–Crippen MR) is 32.4 cm³/mol. The van der Waals surface area contributed by atoms with Crippen LogP contribution in [0.1, 0.15) is 0 Å². The Morgan fingerprint density at radius 3 is 1.70 bits per heavy atom. The average Bonchev–Trinajstić information content (AvgIpc) is 1.59. The van der Waals surface area contributed by atoms with Gasteiger partial charge in [0.2, 0.25) is 0 Å². The van der Waals surface area contributed by atoms with Gasteiger partial charge in [0.05, 0.1) is 0 Å². The van der Waals surface area contributed by atoms with E-state index >= 15 is 0 Å². The van der Waals surface area contributed by atoms with Crippen molar-refractivity contribution in [1.82, 2.24) is 4.90 Å². The molecule has 10 heavy (non-hydrogen) atoms. The molecule has 0 aliphatic carbocycles. The first-order valence-electron chi connectivity index (χ1n) is 2.77. The van der Waals surface area contributed by atoms with Gasteiger partial charge in [-0.1, -0.05) is 6.32 Å². The average molecular weight is 179 g/mol. The summed E-state index contributed by atoms with van der Waals surface area (Å²) >= 11 is 0. The number of hydrogen-bond donors (Lipinski definition) is 0. The van der Waals surface area contributed by atoms with Gasteiger partial charge in [0.1, 0.15) is 0 Å². The van der Waals surface area contributed by atoms with Crippen LogP contribution in [0.25, 0.3) is 0 Å². The molecule has 0 rings (SSSR count). The third-order valence-electron chi connectivity index (χ3n) is 0.904. The fourth-order valence-corrected chi connectivity index (χ4v) is 0.405. The summed E-state index contributed by atoms with van der Waals surface area (Å²) in [6.45, 7) is -4.47. The van der Waals surface area contributed by atoms with Crippen LogP contribution in [0, 0.1) is 0 Å². The summed E-state index contributed by atoms with van der Waals surface area (Å²) in [5.74, 6) is 0. The van der Waals surface area contributed by atoms with Crippen LogP contribution >= 0.6 is 0 Å². The van der Waals surface area contributed by atoms with Gasteiger partial charge in [0.15, 0.2) is 0 Å². The second kappa shape index (κ2) is 6.02. The Morgan fingerprint density at radius 1 is 1.20 bits per heavy atom. The van der Waals surface area contributed by atoms with Gasteiger partial charge in [-0.15, -0.1) is 0 Å². The van der Waals surface area contributed by atoms with E-state index in [1.807, 2.05) is 0 Å². The maximum Gasteiger partial charge on any atom is 1.00 e. The molecule has 1 nitrogen and oxygen atoms in total. The van der Waals surface area contributed by atoms with Gasteiger partial charge in [-0.05, 0) is 20.6 Å². The molecule has 0 amide bonds. The summed E-state index contributed by atoms with van der Waals surface area (Å²) in [6, 6.07) is 0. The van der Waals surface area contributed by atoms with Crippen LogP contribution in [-0.2, 0) is 0 Å². The summed E-state index contributed by atoms with van der Waals surface area (Å²) in [5, 5.41) is 0. The zero-order chi connectivity index (χ0) is 7.49. The van der Waals surface area contributed by atoms with E-state index in [0.717, 1.165) is 0 Å². The molecule has 0 saturated heterocycles. The summed E-state index contributed by atoms with van der Waals surface area (Å²) in [6.07, 6.45) is -0.660. The molecule has 0 saturated carbocycles. The largest absolute Gasteiger partial charge is 1.00 e. The van der Waals surface area contributed by atoms with Crippen molar-refractivity contribution in [2.24, 2.45) is 0 Å². The molecule has 0 aromatic carbocycles. The topological polar surface area (TPSA) is 3.24 Å². The molecule has 0 unspecified atom stereocenters. The molecule has 0 N–H and O–H groups in total. The first-order valence-corrected chi connectivity index (χ1v) is 2.77. The Kier molecular flexibility index (Phi) is 8.43. The van der Waals surface area contributed by atoms with Crippen molar-refractivity contribution in [3.63, 3.8) is 0 Å². The maximum atomic E-state index is 11.5. The molecular weight excluding hydrogens is 169 g/mol. The zero-order valence-electron chi connectivity index (χ0n) is 6.57. The van der Waals surface area contributed by atoms with Crippen LogP contribution in [0.2, 0.25) is 6.32 Å². The van der Waals surface area contributed by atoms with Crippen LogP contribution in [0.4, 0.5) is 12.9 Å². The third kappa shape index (κ3) is 12.2. The van der Waals surface area contributed by atoms with Crippen molar-refractivity contribution < 1.29 is 64.3 Å². The molecular formula is C4H10BF3KN. The van der Waals surface area contributed by atoms with Crippen LogP contribution in [-0.4, -0.2) is 32.5 Å². The van der Waals surface area contributed by atoms with Crippen molar-refractivity contribution in [3.05, 3.63) is 0 Å². The Labute approximate surface area is 102 Å². The minimum absolute atomic E-state index is 0. The smallest absolute Gasteiger partial charge is 0.449 e. The molecule has 0 radical (unpaired) electrons. The predicted octanol–water partition coefficient (Wildman–Crippen LogP) is -1.60. The maximum absolute atomic E-state index is 11.5. The van der Waals surface area contributed by atoms with E-state index in [2.05, 4.69) is 0 Å². The van der Waals surface area contributed by atoms with Crippen molar-refractivity contribution >= 4 is 6.98 Å². The fraction of sp³-hybridized carbons (Fsp3) is 1.00. The molecule has 0 aliphatic rings. The van der Waals surface area contributed by atoms with Gasteiger partial charge < -0.3 is 17.8 Å². The van der Waals surface area contributed by atoms with Gasteiger partial charge in [0.25, 0.3) is 0 Å². The number of hydrogen-bond acceptors (Lipinski definition) is 1. The van der Waals surface area contributed by atoms with Gasteiger partial charge in [-0.3, -0.25) is 0 Å². The molecule has 0 heterocycles. The number of nitrogens with zero attached hydrogens (tertiary/aromatic N) is 1. The molecule has 0 spiro atoms. The third-order valence-corrected chi connectivity index (χ3v) is 0.904. The Balaban J connectivity index is 0. The Hall–Kier alpha value is 1.45. The molecule has 0 aromatic heterocycles. The first-order chi connectivity index (χ1) is 3.92. The summed E-state index contributed by atoms with van der Waals surface area (Å²) in [4.78, 5) is 1.52. The number of halogens is 3. The molecule has 0 atom stereocenters. The quantitative estimate of drug-likeness (QED) is 0.471. The Morgan fingerprint density at radius 2 is 1.60 bits per heavy atom. The monoisotopic (exact) mass is 179 g/mol. The van der Waals surface area contributed by atoms with Gasteiger partial charge >= 0.3 is 58.4 Å². The van der Waals surface area contributed by atoms with Gasteiger partial charge in [-0.25, -0.2) is 0 Å². The summed E-state index contributed by atoms with van der Waals surface area (Å²) < 4.78 is 34.4. The molecule has 56 valence electrons. The van der Waals surface area contributed by atoms with Gasteiger partial charge in [0, 0.05) is 0 Å². The molecule has 0 fully saturated rings. The van der Waals surface area contributed by atoms with Crippen molar-refractivity contribution in [3.8, 4) is 0 Å². The van der Waals surface area contributed by atoms with E-state index < -0.39 is 13.3 Å². The zero-order valence-corrected chi connectivity index (χ0v) is 9.70. The second-order valence-electron chi connectivity index (χ2n) is 2.30. The van der Waals surface area contributed by atoms with E-state index in [1.54, 1.807) is 14.1 Å². The van der Waals surface area contributed by atoms with E-state index in [4.69, 9.17) is 0 Å². The van der Waals surface area contributed by atoms with E-state index in [1.165, 1.54) is 4.90 Å². The van der Waals surface area contributed by atoms with Crippen LogP contribution < -0.4 is 51.4 Å². The molecule has 0 bridgehead atoms. The fourth-order valence-electron chi connectivity index (χ4n) is 0.405. The van der Waals surface area contributed by atoms with Crippen LogP contribution in [0.15, 0.2) is 0 Å². The van der Waals surface area contributed by atoms with E-state index in [-0.39, 0.29) is 57.9 Å². The minimum atomic E-state index is -4.57. The summed E-state index contributed by atoms with van der Waals surface area (Å²) in [7, 11) is 3.25.